The van der Waals surface area contributed by atoms with Gasteiger partial charge in [0, 0.05) is 18.1 Å². The maximum absolute atomic E-state index is 11.9. The molecule has 0 radical (unpaired) electrons. The van der Waals surface area contributed by atoms with E-state index in [2.05, 4.69) is 15.5 Å². The van der Waals surface area contributed by atoms with Gasteiger partial charge < -0.3 is 10.1 Å². The van der Waals surface area contributed by atoms with Crippen LogP contribution in [0.15, 0.2) is 42.5 Å². The largest absolute Gasteiger partial charge is 0.475 e. The number of carbonyl (C=O) groups excluding carboxylic acids is 1. The van der Waals surface area contributed by atoms with E-state index in [1.165, 1.54) is 32.1 Å². The first-order valence-corrected chi connectivity index (χ1v) is 9.10. The molecular weight excluding hydrogens is 314 g/mol. The second-order valence-corrected chi connectivity index (χ2v) is 6.53. The molecule has 0 unspecified atom stereocenters. The van der Waals surface area contributed by atoms with Gasteiger partial charge in [-0.3, -0.25) is 4.79 Å². The van der Waals surface area contributed by atoms with Crippen LogP contribution in [0.5, 0.6) is 5.88 Å². The Labute approximate surface area is 148 Å². The molecule has 132 valence electrons. The summed E-state index contributed by atoms with van der Waals surface area (Å²) in [6.07, 6.45) is 6.86. The van der Waals surface area contributed by atoms with Crippen LogP contribution in [0, 0.1) is 5.92 Å². The van der Waals surface area contributed by atoms with Gasteiger partial charge in [-0.05, 0) is 24.8 Å². The molecule has 1 aliphatic carbocycles. The number of nitrogens with zero attached hydrogens (tertiary/aromatic N) is 2. The van der Waals surface area contributed by atoms with E-state index in [0.717, 1.165) is 11.3 Å². The first-order valence-electron chi connectivity index (χ1n) is 9.10. The van der Waals surface area contributed by atoms with E-state index in [1.807, 2.05) is 36.4 Å². The minimum Gasteiger partial charge on any atom is -0.475 e. The molecule has 0 saturated heterocycles. The van der Waals surface area contributed by atoms with Gasteiger partial charge in [0.15, 0.2) is 0 Å². The molecule has 5 heteroatoms. The Morgan fingerprint density at radius 1 is 1.04 bits per heavy atom. The van der Waals surface area contributed by atoms with Crippen molar-refractivity contribution in [3.63, 3.8) is 0 Å². The fraction of sp³-hybridized carbons (Fsp3) is 0.450. The van der Waals surface area contributed by atoms with Crippen LogP contribution in [0.3, 0.4) is 0 Å². The van der Waals surface area contributed by atoms with Gasteiger partial charge in [-0.1, -0.05) is 49.6 Å². The summed E-state index contributed by atoms with van der Waals surface area (Å²) in [5, 5.41) is 11.2. The lowest BCUT2D eigenvalue weighted by Crippen LogP contribution is -2.30. The standard InChI is InChI=1S/C20H25N3O2/c24-19(15-16-7-3-1-4-8-16)21-13-14-25-20-12-11-18(22-23-20)17-9-5-2-6-10-17/h2,5-6,9-12,16H,1,3-4,7-8,13-15H2,(H,21,24). The first kappa shape index (κ1) is 17.4. The van der Waals surface area contributed by atoms with Gasteiger partial charge in [0.25, 0.3) is 0 Å². The normalized spacial score (nSPS) is 14.9. The zero-order valence-corrected chi connectivity index (χ0v) is 14.5. The van der Waals surface area contributed by atoms with Crippen molar-refractivity contribution >= 4 is 5.91 Å². The maximum Gasteiger partial charge on any atom is 0.233 e. The van der Waals surface area contributed by atoms with Crippen molar-refractivity contribution in [2.75, 3.05) is 13.2 Å². The van der Waals surface area contributed by atoms with E-state index in [9.17, 15) is 4.79 Å². The Kier molecular flexibility index (Phi) is 6.37. The van der Waals surface area contributed by atoms with Crippen LogP contribution in [0.1, 0.15) is 38.5 Å². The Balaban J connectivity index is 1.36. The molecule has 1 aromatic carbocycles. The van der Waals surface area contributed by atoms with Crippen LogP contribution in [0.4, 0.5) is 0 Å². The van der Waals surface area contributed by atoms with Crippen molar-refractivity contribution in [3.8, 4) is 17.1 Å². The minimum absolute atomic E-state index is 0.126. The smallest absolute Gasteiger partial charge is 0.233 e. The molecule has 1 aliphatic rings. The van der Waals surface area contributed by atoms with E-state index in [1.54, 1.807) is 6.07 Å². The summed E-state index contributed by atoms with van der Waals surface area (Å²) < 4.78 is 5.55. The van der Waals surface area contributed by atoms with Crippen molar-refractivity contribution < 1.29 is 9.53 Å². The topological polar surface area (TPSA) is 64.1 Å². The third-order valence-corrected chi connectivity index (χ3v) is 4.58. The molecule has 5 nitrogen and oxygen atoms in total. The Morgan fingerprint density at radius 2 is 1.84 bits per heavy atom. The number of carbonyl (C=O) groups is 1. The molecule has 2 aromatic rings. The van der Waals surface area contributed by atoms with E-state index >= 15 is 0 Å². The molecule has 0 atom stereocenters. The second kappa shape index (κ2) is 9.16. The van der Waals surface area contributed by atoms with Crippen LogP contribution >= 0.6 is 0 Å². The van der Waals surface area contributed by atoms with Crippen molar-refractivity contribution in [2.24, 2.45) is 5.92 Å². The number of rotatable bonds is 7. The molecule has 1 amide bonds. The molecule has 1 N–H and O–H groups in total. The molecule has 1 fully saturated rings. The quantitative estimate of drug-likeness (QED) is 0.783. The number of ether oxygens (including phenoxy) is 1. The number of hydrogen-bond donors (Lipinski definition) is 1. The number of amides is 1. The van der Waals surface area contributed by atoms with Gasteiger partial charge >= 0.3 is 0 Å². The zero-order chi connectivity index (χ0) is 17.3. The molecule has 0 bridgehead atoms. The van der Waals surface area contributed by atoms with Crippen LogP contribution in [0.2, 0.25) is 0 Å². The summed E-state index contributed by atoms with van der Waals surface area (Å²) in [6.45, 7) is 0.892. The van der Waals surface area contributed by atoms with E-state index < -0.39 is 0 Å². The molecule has 0 spiro atoms. The number of nitrogens with one attached hydrogen (secondary N) is 1. The molecule has 1 aromatic heterocycles. The third kappa shape index (κ3) is 5.55. The van der Waals surface area contributed by atoms with Gasteiger partial charge in [-0.25, -0.2) is 0 Å². The number of hydrogen-bond acceptors (Lipinski definition) is 4. The van der Waals surface area contributed by atoms with E-state index in [0.29, 0.717) is 31.4 Å². The van der Waals surface area contributed by atoms with E-state index in [4.69, 9.17) is 4.74 Å². The Hall–Kier alpha value is -2.43. The summed E-state index contributed by atoms with van der Waals surface area (Å²) >= 11 is 0. The Bertz CT molecular complexity index is 652. The van der Waals surface area contributed by atoms with Crippen molar-refractivity contribution in [1.82, 2.24) is 15.5 Å². The van der Waals surface area contributed by atoms with Crippen molar-refractivity contribution in [1.29, 1.82) is 0 Å². The molecule has 3 rings (SSSR count). The van der Waals surface area contributed by atoms with Gasteiger partial charge in [-0.15, -0.1) is 10.2 Å². The fourth-order valence-electron chi connectivity index (χ4n) is 3.23. The highest BCUT2D eigenvalue weighted by atomic mass is 16.5. The van der Waals surface area contributed by atoms with Gasteiger partial charge in [0.05, 0.1) is 12.2 Å². The average Bonchev–Trinajstić information content (AvgIpc) is 2.67. The maximum atomic E-state index is 11.9. The predicted octanol–water partition coefficient (Wildman–Crippen LogP) is 3.61. The van der Waals surface area contributed by atoms with Gasteiger partial charge in [0.2, 0.25) is 11.8 Å². The zero-order valence-electron chi connectivity index (χ0n) is 14.5. The highest BCUT2D eigenvalue weighted by Gasteiger charge is 2.16. The van der Waals surface area contributed by atoms with Crippen LogP contribution < -0.4 is 10.1 Å². The van der Waals surface area contributed by atoms with Crippen LogP contribution in [-0.4, -0.2) is 29.3 Å². The van der Waals surface area contributed by atoms with Crippen molar-refractivity contribution in [3.05, 3.63) is 42.5 Å². The summed E-state index contributed by atoms with van der Waals surface area (Å²) in [6, 6.07) is 13.6. The highest BCUT2D eigenvalue weighted by molar-refractivity contribution is 5.76. The summed E-state index contributed by atoms with van der Waals surface area (Å²) in [5.41, 5.74) is 1.84. The predicted molar refractivity (Wildman–Crippen MR) is 97.2 cm³/mol. The third-order valence-electron chi connectivity index (χ3n) is 4.58. The summed E-state index contributed by atoms with van der Waals surface area (Å²) in [7, 11) is 0. The minimum atomic E-state index is 0.126. The average molecular weight is 339 g/mol. The van der Waals surface area contributed by atoms with E-state index in [-0.39, 0.29) is 5.91 Å². The number of aromatic nitrogens is 2. The van der Waals surface area contributed by atoms with Gasteiger partial charge in [0.1, 0.15) is 6.61 Å². The van der Waals surface area contributed by atoms with Crippen LogP contribution in [0.25, 0.3) is 11.3 Å². The van der Waals surface area contributed by atoms with Crippen molar-refractivity contribution in [2.45, 2.75) is 38.5 Å². The monoisotopic (exact) mass is 339 g/mol. The summed E-state index contributed by atoms with van der Waals surface area (Å²) in [4.78, 5) is 11.9. The molecule has 1 heterocycles. The molecular formula is C20H25N3O2. The second-order valence-electron chi connectivity index (χ2n) is 6.53. The molecule has 25 heavy (non-hydrogen) atoms. The Morgan fingerprint density at radius 3 is 2.56 bits per heavy atom. The first-order chi connectivity index (χ1) is 12.3. The molecule has 0 aliphatic heterocycles. The summed E-state index contributed by atoms with van der Waals surface area (Å²) in [5.74, 6) is 1.16. The fourth-order valence-corrected chi connectivity index (χ4v) is 3.23. The molecule has 1 saturated carbocycles. The van der Waals surface area contributed by atoms with Crippen LogP contribution in [-0.2, 0) is 4.79 Å². The lowest BCUT2D eigenvalue weighted by atomic mass is 9.87. The highest BCUT2D eigenvalue weighted by Crippen LogP contribution is 2.26. The SMILES string of the molecule is O=C(CC1CCCCC1)NCCOc1ccc(-c2ccccc2)nn1. The lowest BCUT2D eigenvalue weighted by molar-refractivity contribution is -0.122. The number of benzene rings is 1. The lowest BCUT2D eigenvalue weighted by Gasteiger charge is -2.20. The van der Waals surface area contributed by atoms with Gasteiger partial charge in [-0.2, -0.15) is 0 Å².